The fourth-order valence-corrected chi connectivity index (χ4v) is 2.33. The standard InChI is InChI=1S/C16H26O3.U/c1-6-12(11-18-5)13-8-9-14(10-13)19-15(17)16(3,4)7-2;/h7,10-14H,2,6,8-9H2,1,3-5H3;/q-2;+2. The smallest absolute Gasteiger partial charge is 0.554 e. The summed E-state index contributed by atoms with van der Waals surface area (Å²) in [5.74, 6) is 0.642. The van der Waals surface area contributed by atoms with Crippen LogP contribution < -0.4 is 0 Å². The first-order chi connectivity index (χ1) is 8.94. The molecule has 1 saturated carbocycles. The number of ether oxygens (including phenoxy) is 2. The predicted molar refractivity (Wildman–Crippen MR) is 76.0 cm³/mol. The van der Waals surface area contributed by atoms with Crippen LogP contribution in [0, 0.1) is 61.4 Å². The SMILES string of the molecule is C=CC(C)(C)C(=O)OC1[CH-]C(C([CH-]OC)CC)CC1.[U+2]. The summed E-state index contributed by atoms with van der Waals surface area (Å²) in [7, 11) is 1.68. The number of methoxy groups -OCH3 is 1. The Labute approximate surface area is 147 Å². The Hall–Kier alpha value is 0.222. The number of carbonyl (C=O) groups is 1. The van der Waals surface area contributed by atoms with E-state index < -0.39 is 5.41 Å². The summed E-state index contributed by atoms with van der Waals surface area (Å²) < 4.78 is 10.7. The predicted octanol–water partition coefficient (Wildman–Crippen LogP) is 3.56. The first kappa shape index (κ1) is 20.2. The van der Waals surface area contributed by atoms with Gasteiger partial charge in [-0.15, -0.1) is 6.58 Å². The third kappa shape index (κ3) is 5.54. The van der Waals surface area contributed by atoms with Crippen LogP contribution in [0.15, 0.2) is 12.7 Å². The van der Waals surface area contributed by atoms with Crippen LogP contribution in [0.3, 0.4) is 0 Å². The Morgan fingerprint density at radius 2 is 2.20 bits per heavy atom. The van der Waals surface area contributed by atoms with Crippen LogP contribution in [0.4, 0.5) is 0 Å². The van der Waals surface area contributed by atoms with Crippen molar-refractivity contribution in [2.75, 3.05) is 7.11 Å². The maximum absolute atomic E-state index is 12.0. The van der Waals surface area contributed by atoms with Gasteiger partial charge in [0.2, 0.25) is 0 Å². The van der Waals surface area contributed by atoms with Crippen LogP contribution in [0.1, 0.15) is 40.0 Å². The van der Waals surface area contributed by atoms with Crippen molar-refractivity contribution < 1.29 is 45.4 Å². The molecule has 0 heterocycles. The van der Waals surface area contributed by atoms with Crippen molar-refractivity contribution in [1.82, 2.24) is 0 Å². The molecule has 0 aromatic rings. The Morgan fingerprint density at radius 3 is 2.70 bits per heavy atom. The van der Waals surface area contributed by atoms with E-state index in [9.17, 15) is 4.79 Å². The van der Waals surface area contributed by atoms with Gasteiger partial charge >= 0.3 is 37.1 Å². The van der Waals surface area contributed by atoms with E-state index >= 15 is 0 Å². The van der Waals surface area contributed by atoms with Crippen LogP contribution in [0.25, 0.3) is 0 Å². The van der Waals surface area contributed by atoms with Gasteiger partial charge in [0.05, 0.1) is 5.41 Å². The zero-order chi connectivity index (χ0) is 14.5. The minimum atomic E-state index is -0.616. The monoisotopic (exact) mass is 504 g/mol. The van der Waals surface area contributed by atoms with E-state index in [0.29, 0.717) is 11.8 Å². The Morgan fingerprint density at radius 1 is 1.55 bits per heavy atom. The number of hydrogen-bond acceptors (Lipinski definition) is 3. The summed E-state index contributed by atoms with van der Waals surface area (Å²) in [4.78, 5) is 12.0. The molecule has 1 rings (SSSR count). The maximum Gasteiger partial charge on any atom is 2.00 e. The van der Waals surface area contributed by atoms with Crippen molar-refractivity contribution in [3.8, 4) is 0 Å². The molecule has 0 saturated heterocycles. The number of carbonyl (C=O) groups excluding carboxylic acids is 1. The zero-order valence-electron chi connectivity index (χ0n) is 13.0. The third-order valence-corrected chi connectivity index (χ3v) is 3.87. The van der Waals surface area contributed by atoms with E-state index in [-0.39, 0.29) is 43.2 Å². The van der Waals surface area contributed by atoms with Gasteiger partial charge in [0.25, 0.3) is 0 Å². The Kier molecular flexibility index (Phi) is 9.39. The summed E-state index contributed by atoms with van der Waals surface area (Å²) in [6.07, 6.45) is 6.70. The van der Waals surface area contributed by atoms with Gasteiger partial charge in [-0.2, -0.15) is 11.8 Å². The first-order valence-corrected chi connectivity index (χ1v) is 7.00. The number of hydrogen-bond donors (Lipinski definition) is 0. The molecule has 3 unspecified atom stereocenters. The molecule has 4 heteroatoms. The average Bonchev–Trinajstić information content (AvgIpc) is 2.84. The molecule has 1 aliphatic carbocycles. The van der Waals surface area contributed by atoms with Crippen molar-refractivity contribution in [2.24, 2.45) is 17.3 Å². The quantitative estimate of drug-likeness (QED) is 0.302. The summed E-state index contributed by atoms with van der Waals surface area (Å²) in [6.45, 7) is 11.4. The molecule has 3 atom stereocenters. The van der Waals surface area contributed by atoms with E-state index in [1.54, 1.807) is 13.2 Å². The molecule has 20 heavy (non-hydrogen) atoms. The van der Waals surface area contributed by atoms with E-state index in [1.807, 2.05) is 20.5 Å². The van der Waals surface area contributed by atoms with Gasteiger partial charge in [0.1, 0.15) is 0 Å². The molecule has 0 amide bonds. The minimum Gasteiger partial charge on any atom is -0.554 e. The summed E-state index contributed by atoms with van der Waals surface area (Å²) >= 11 is 0. The van der Waals surface area contributed by atoms with E-state index in [1.165, 1.54) is 0 Å². The van der Waals surface area contributed by atoms with Crippen LogP contribution in [-0.2, 0) is 14.3 Å². The molecule has 0 radical (unpaired) electrons. The second-order valence-electron chi connectivity index (χ2n) is 5.75. The third-order valence-electron chi connectivity index (χ3n) is 3.87. The van der Waals surface area contributed by atoms with Gasteiger partial charge in [-0.25, -0.2) is 6.61 Å². The largest absolute Gasteiger partial charge is 2.00 e. The van der Waals surface area contributed by atoms with E-state index in [2.05, 4.69) is 19.9 Å². The molecule has 0 aromatic heterocycles. The topological polar surface area (TPSA) is 35.5 Å². The van der Waals surface area contributed by atoms with Gasteiger partial charge in [0, 0.05) is 0 Å². The molecule has 0 bridgehead atoms. The van der Waals surface area contributed by atoms with Gasteiger partial charge in [-0.3, -0.25) is 11.2 Å². The molecule has 0 N–H and O–H groups in total. The second kappa shape index (κ2) is 9.28. The second-order valence-corrected chi connectivity index (χ2v) is 5.75. The van der Waals surface area contributed by atoms with Crippen molar-refractivity contribution >= 4 is 5.97 Å². The fraction of sp³-hybridized carbons (Fsp3) is 0.688. The van der Waals surface area contributed by atoms with Crippen LogP contribution in [0.2, 0.25) is 0 Å². The van der Waals surface area contributed by atoms with Gasteiger partial charge in [-0.05, 0) is 33.5 Å². The molecule has 0 spiro atoms. The number of rotatable bonds is 7. The fourth-order valence-electron chi connectivity index (χ4n) is 2.33. The molecular formula is C16H26O3U. The van der Waals surface area contributed by atoms with Crippen molar-refractivity contribution in [1.29, 1.82) is 0 Å². The molecule has 0 aliphatic heterocycles. The average molecular weight is 504 g/mol. The molecule has 1 fully saturated rings. The molecule has 1 aliphatic rings. The van der Waals surface area contributed by atoms with E-state index in [0.717, 1.165) is 19.3 Å². The Bertz CT molecular complexity index is 315. The summed E-state index contributed by atoms with van der Waals surface area (Å²) in [6, 6.07) is 0. The van der Waals surface area contributed by atoms with Crippen LogP contribution in [0.5, 0.6) is 0 Å². The van der Waals surface area contributed by atoms with Crippen LogP contribution >= 0.6 is 0 Å². The van der Waals surface area contributed by atoms with Crippen molar-refractivity contribution in [3.05, 3.63) is 25.7 Å². The molecular weight excluding hydrogens is 478 g/mol. The van der Waals surface area contributed by atoms with Gasteiger partial charge in [0.15, 0.2) is 0 Å². The normalized spacial score (nSPS) is 23.8. The molecule has 3 nitrogen and oxygen atoms in total. The first-order valence-electron chi connectivity index (χ1n) is 7.00. The molecule has 0 aromatic carbocycles. The van der Waals surface area contributed by atoms with Crippen molar-refractivity contribution in [2.45, 2.75) is 46.1 Å². The minimum absolute atomic E-state index is 0. The Balaban J connectivity index is 0.00000361. The molecule has 112 valence electrons. The maximum atomic E-state index is 12.0. The zero-order valence-corrected chi connectivity index (χ0v) is 17.2. The summed E-state index contributed by atoms with van der Waals surface area (Å²) in [5, 5.41) is 0. The van der Waals surface area contributed by atoms with Gasteiger partial charge < -0.3 is 9.47 Å². The summed E-state index contributed by atoms with van der Waals surface area (Å²) in [5.41, 5.74) is -0.616. The van der Waals surface area contributed by atoms with Gasteiger partial charge in [-0.1, -0.05) is 25.8 Å². The van der Waals surface area contributed by atoms with Crippen molar-refractivity contribution in [3.63, 3.8) is 0 Å². The van der Waals surface area contributed by atoms with E-state index in [4.69, 9.17) is 9.47 Å². The number of esters is 1. The van der Waals surface area contributed by atoms with Crippen LogP contribution in [-0.4, -0.2) is 19.2 Å².